The van der Waals surface area contributed by atoms with Gasteiger partial charge in [-0.15, -0.1) is 0 Å². The summed E-state index contributed by atoms with van der Waals surface area (Å²) in [4.78, 5) is 12.2. The van der Waals surface area contributed by atoms with Crippen molar-refractivity contribution in [3.05, 3.63) is 53.9 Å². The number of H-pyrrole nitrogens is 1. The van der Waals surface area contributed by atoms with E-state index < -0.39 is 16.8 Å². The molecule has 3 N–H and O–H groups in total. The number of aliphatic hydroxyl groups excluding tert-OH is 1. The van der Waals surface area contributed by atoms with Crippen molar-refractivity contribution in [2.75, 3.05) is 17.4 Å². The third-order valence-corrected chi connectivity index (χ3v) is 4.47. The second-order valence-corrected chi connectivity index (χ2v) is 6.42. The lowest BCUT2D eigenvalue weighted by molar-refractivity contribution is 0.0946. The predicted molar refractivity (Wildman–Crippen MR) is 96.4 cm³/mol. The Bertz CT molecular complexity index is 974. The van der Waals surface area contributed by atoms with Gasteiger partial charge >= 0.3 is 0 Å². The van der Waals surface area contributed by atoms with E-state index in [1.165, 1.54) is 12.1 Å². The first-order chi connectivity index (χ1) is 13.1. The van der Waals surface area contributed by atoms with E-state index in [1.807, 2.05) is 30.3 Å². The van der Waals surface area contributed by atoms with Crippen LogP contribution in [0.4, 0.5) is 5.82 Å². The van der Waals surface area contributed by atoms with E-state index in [9.17, 15) is 13.2 Å². The summed E-state index contributed by atoms with van der Waals surface area (Å²) in [5.41, 5.74) is 1.19. The second kappa shape index (κ2) is 8.47. The monoisotopic (exact) mass is 391 g/mol. The summed E-state index contributed by atoms with van der Waals surface area (Å²) in [6.07, 6.45) is 0. The van der Waals surface area contributed by atoms with E-state index in [4.69, 9.17) is 9.63 Å². The minimum absolute atomic E-state index is 0.0130. The van der Waals surface area contributed by atoms with Crippen molar-refractivity contribution in [1.82, 2.24) is 20.7 Å². The fraction of sp³-hybridized carbons (Fsp3) is 0.188. The molecule has 0 aliphatic rings. The first kappa shape index (κ1) is 18.6. The number of anilines is 1. The Morgan fingerprint density at radius 2 is 2.04 bits per heavy atom. The quantitative estimate of drug-likeness (QED) is 0.405. The number of hydrogen-bond donors (Lipinski definition) is 4. The largest absolute Gasteiger partial charge is 0.390 e. The molecule has 1 amide bonds. The smallest absolute Gasteiger partial charge is 0.273 e. The highest BCUT2D eigenvalue weighted by Crippen LogP contribution is 2.19. The number of rotatable bonds is 8. The Labute approximate surface area is 155 Å². The maximum Gasteiger partial charge on any atom is 0.273 e. The van der Waals surface area contributed by atoms with Crippen LogP contribution >= 0.6 is 0 Å². The number of amides is 1. The summed E-state index contributed by atoms with van der Waals surface area (Å²) >= 11 is 0. The van der Waals surface area contributed by atoms with Gasteiger partial charge in [-0.3, -0.25) is 14.2 Å². The summed E-state index contributed by atoms with van der Waals surface area (Å²) in [7, 11) is -2.95. The Balaban J connectivity index is 1.59. The molecule has 0 radical (unpaired) electrons. The maximum absolute atomic E-state index is 12.2. The number of carbonyl (C=O) groups is 1. The molecule has 3 rings (SSSR count). The average molecular weight is 391 g/mol. The van der Waals surface area contributed by atoms with E-state index in [2.05, 4.69) is 20.7 Å². The molecule has 0 bridgehead atoms. The molecule has 142 valence electrons. The van der Waals surface area contributed by atoms with E-state index >= 15 is 0 Å². The number of nitrogens with zero attached hydrogens (tertiary/aromatic N) is 3. The number of aromatic amines is 1. The zero-order valence-corrected chi connectivity index (χ0v) is 14.9. The second-order valence-electron chi connectivity index (χ2n) is 5.46. The van der Waals surface area contributed by atoms with Gasteiger partial charge in [-0.25, -0.2) is 8.42 Å². The van der Waals surface area contributed by atoms with Crippen LogP contribution < -0.4 is 9.62 Å². The molecule has 0 spiro atoms. The lowest BCUT2D eigenvalue weighted by Gasteiger charge is -2.15. The average Bonchev–Trinajstić information content (AvgIpc) is 3.35. The summed E-state index contributed by atoms with van der Waals surface area (Å²) < 4.78 is 29.0. The van der Waals surface area contributed by atoms with Crippen molar-refractivity contribution in [2.24, 2.45) is 0 Å². The van der Waals surface area contributed by atoms with Crippen molar-refractivity contribution in [1.29, 1.82) is 0 Å². The van der Waals surface area contributed by atoms with Crippen molar-refractivity contribution in [2.45, 2.75) is 6.61 Å². The molecule has 2 heterocycles. The van der Waals surface area contributed by atoms with Gasteiger partial charge in [0.1, 0.15) is 5.82 Å². The minimum atomic E-state index is -2.95. The first-order valence-electron chi connectivity index (χ1n) is 7.96. The lowest BCUT2D eigenvalue weighted by Crippen LogP contribution is -2.34. The zero-order chi connectivity index (χ0) is 19.2. The van der Waals surface area contributed by atoms with Gasteiger partial charge in [0, 0.05) is 24.2 Å². The summed E-state index contributed by atoms with van der Waals surface area (Å²) in [5, 5.41) is 21.6. The first-order valence-corrected chi connectivity index (χ1v) is 9.09. The number of aliphatic hydroxyl groups is 1. The molecule has 0 saturated heterocycles. The van der Waals surface area contributed by atoms with Crippen molar-refractivity contribution >= 4 is 22.6 Å². The molecule has 1 aromatic carbocycles. The number of hydrogen-bond acceptors (Lipinski definition) is 7. The molecule has 0 atom stereocenters. The van der Waals surface area contributed by atoms with Crippen LogP contribution in [0, 0.1) is 0 Å². The molecule has 0 aliphatic heterocycles. The topological polar surface area (TPSA) is 141 Å². The van der Waals surface area contributed by atoms with Crippen molar-refractivity contribution in [3.8, 4) is 11.3 Å². The zero-order valence-electron chi connectivity index (χ0n) is 14.0. The SMILES string of the molecule is O=C(NCCN(c1cc(CO)n[nH]1)[SH](=O)=O)c1cc(-c2ccccc2)on1. The summed E-state index contributed by atoms with van der Waals surface area (Å²) in [6.45, 7) is -0.281. The van der Waals surface area contributed by atoms with Gasteiger partial charge in [-0.2, -0.15) is 5.10 Å². The fourth-order valence-corrected chi connectivity index (χ4v) is 2.88. The van der Waals surface area contributed by atoms with Gasteiger partial charge in [-0.05, 0) is 0 Å². The van der Waals surface area contributed by atoms with Crippen LogP contribution in [0.2, 0.25) is 0 Å². The number of aromatic nitrogens is 3. The lowest BCUT2D eigenvalue weighted by atomic mass is 10.1. The van der Waals surface area contributed by atoms with Crippen molar-refractivity contribution < 1.29 is 22.8 Å². The van der Waals surface area contributed by atoms with Gasteiger partial charge < -0.3 is 14.9 Å². The molecule has 0 saturated carbocycles. The van der Waals surface area contributed by atoms with Crippen LogP contribution in [0.25, 0.3) is 11.3 Å². The Morgan fingerprint density at radius 3 is 2.70 bits per heavy atom. The Kier molecular flexibility index (Phi) is 5.84. The minimum Gasteiger partial charge on any atom is -0.390 e. The number of carbonyl (C=O) groups excluding carboxylic acids is 1. The molecule has 0 unspecified atom stereocenters. The molecule has 0 fully saturated rings. The highest BCUT2D eigenvalue weighted by molar-refractivity contribution is 7.74. The van der Waals surface area contributed by atoms with Crippen LogP contribution in [-0.4, -0.2) is 47.9 Å². The molecular formula is C16H17N5O5S. The molecular weight excluding hydrogens is 374 g/mol. The Hall–Kier alpha value is -3.18. The van der Waals surface area contributed by atoms with Gasteiger partial charge in [0.05, 0.1) is 18.8 Å². The van der Waals surface area contributed by atoms with Gasteiger partial charge in [0.15, 0.2) is 11.5 Å². The van der Waals surface area contributed by atoms with Crippen LogP contribution in [-0.2, 0) is 17.5 Å². The standard InChI is InChI=1S/C16H17N5O5S/c22-10-12-8-15(19-18-12)21(27(24)25)7-6-17-16(23)13-9-14(26-20-13)11-4-2-1-3-5-11/h1-5,8-9,22,27H,6-7,10H2,(H,17,23)(H,18,19). The molecule has 2 aromatic heterocycles. The van der Waals surface area contributed by atoms with Crippen LogP contribution in [0.15, 0.2) is 47.0 Å². The number of benzene rings is 1. The van der Waals surface area contributed by atoms with Crippen LogP contribution in [0.1, 0.15) is 16.2 Å². The summed E-state index contributed by atoms with van der Waals surface area (Å²) in [5.74, 6) is 0.180. The van der Waals surface area contributed by atoms with Gasteiger partial charge in [0.25, 0.3) is 5.91 Å². The molecule has 27 heavy (non-hydrogen) atoms. The third kappa shape index (κ3) is 4.51. The van der Waals surface area contributed by atoms with Gasteiger partial charge in [0.2, 0.25) is 10.9 Å². The number of thiol groups is 1. The predicted octanol–water partition coefficient (Wildman–Crippen LogP) is 0.320. The van der Waals surface area contributed by atoms with E-state index in [-0.39, 0.29) is 31.2 Å². The highest BCUT2D eigenvalue weighted by Gasteiger charge is 2.15. The Morgan fingerprint density at radius 1 is 1.26 bits per heavy atom. The number of nitrogens with one attached hydrogen (secondary N) is 2. The van der Waals surface area contributed by atoms with E-state index in [0.717, 1.165) is 9.87 Å². The van der Waals surface area contributed by atoms with Gasteiger partial charge in [-0.1, -0.05) is 35.5 Å². The maximum atomic E-state index is 12.2. The van der Waals surface area contributed by atoms with Crippen molar-refractivity contribution in [3.63, 3.8) is 0 Å². The normalized spacial score (nSPS) is 10.9. The molecule has 10 nitrogen and oxygen atoms in total. The van der Waals surface area contributed by atoms with E-state index in [1.54, 1.807) is 0 Å². The molecule has 11 heteroatoms. The molecule has 3 aromatic rings. The molecule has 0 aliphatic carbocycles. The fourth-order valence-electron chi connectivity index (χ4n) is 2.34. The highest BCUT2D eigenvalue weighted by atomic mass is 32.2. The van der Waals surface area contributed by atoms with Crippen LogP contribution in [0.3, 0.4) is 0 Å². The summed E-state index contributed by atoms with van der Waals surface area (Å²) in [6, 6.07) is 12.1. The van der Waals surface area contributed by atoms with Crippen LogP contribution in [0.5, 0.6) is 0 Å². The van der Waals surface area contributed by atoms with E-state index in [0.29, 0.717) is 11.5 Å². The third-order valence-electron chi connectivity index (χ3n) is 3.66.